The van der Waals surface area contributed by atoms with Crippen molar-refractivity contribution in [2.75, 3.05) is 23.7 Å². The molecule has 0 spiro atoms. The summed E-state index contributed by atoms with van der Waals surface area (Å²) in [6, 6.07) is 7.87. The second-order valence-electron chi connectivity index (χ2n) is 4.65. The molecule has 2 heterocycles. The molecule has 3 rings (SSSR count). The summed E-state index contributed by atoms with van der Waals surface area (Å²) in [7, 11) is 0. The number of nitrogens with one attached hydrogen (secondary N) is 2. The quantitative estimate of drug-likeness (QED) is 0.644. The van der Waals surface area contributed by atoms with Gasteiger partial charge in [-0.1, -0.05) is 0 Å². The van der Waals surface area contributed by atoms with Gasteiger partial charge in [0, 0.05) is 36.4 Å². The minimum absolute atomic E-state index is 0.285. The van der Waals surface area contributed by atoms with E-state index in [9.17, 15) is 4.39 Å². The van der Waals surface area contributed by atoms with Gasteiger partial charge in [0.05, 0.1) is 0 Å². The van der Waals surface area contributed by atoms with Crippen molar-refractivity contribution in [1.82, 2.24) is 15.0 Å². The van der Waals surface area contributed by atoms with Gasteiger partial charge in [-0.25, -0.2) is 14.4 Å². The molecule has 8 heteroatoms. The molecule has 0 saturated heterocycles. The largest absolute Gasteiger partial charge is 0.353 e. The van der Waals surface area contributed by atoms with Crippen LogP contribution in [0, 0.1) is 5.82 Å². The van der Waals surface area contributed by atoms with Crippen molar-refractivity contribution in [3.8, 4) is 10.7 Å². The molecule has 0 amide bonds. The highest BCUT2D eigenvalue weighted by Gasteiger charge is 2.09. The zero-order valence-corrected chi connectivity index (χ0v) is 13.0. The van der Waals surface area contributed by atoms with Crippen LogP contribution in [0.3, 0.4) is 0 Å². The molecule has 2 aromatic heterocycles. The third-order valence-corrected chi connectivity index (χ3v) is 3.72. The van der Waals surface area contributed by atoms with E-state index in [-0.39, 0.29) is 5.82 Å². The van der Waals surface area contributed by atoms with E-state index in [1.54, 1.807) is 24.4 Å². The lowest BCUT2D eigenvalue weighted by molar-refractivity contribution is 0.628. The van der Waals surface area contributed by atoms with Crippen LogP contribution < -0.4 is 16.4 Å². The highest BCUT2D eigenvalue weighted by atomic mass is 32.1. The summed E-state index contributed by atoms with van der Waals surface area (Å²) in [6.07, 6.45) is 1.72. The molecule has 0 saturated carbocycles. The smallest absolute Gasteiger partial charge is 0.225 e. The Morgan fingerprint density at radius 3 is 2.70 bits per heavy atom. The average Bonchev–Trinajstić information content (AvgIpc) is 3.09. The summed E-state index contributed by atoms with van der Waals surface area (Å²) in [5.41, 5.74) is 6.95. The lowest BCUT2D eigenvalue weighted by Crippen LogP contribution is -2.15. The van der Waals surface area contributed by atoms with Gasteiger partial charge in [-0.15, -0.1) is 11.3 Å². The zero-order chi connectivity index (χ0) is 16.1. The summed E-state index contributed by atoms with van der Waals surface area (Å²) >= 11 is 1.49. The third-order valence-electron chi connectivity index (χ3n) is 2.92. The minimum Gasteiger partial charge on any atom is -0.353 e. The first-order valence-corrected chi connectivity index (χ1v) is 7.88. The Balaban J connectivity index is 1.91. The Bertz CT molecular complexity index is 760. The van der Waals surface area contributed by atoms with Crippen LogP contribution in [0.2, 0.25) is 0 Å². The number of thiazole rings is 1. The molecule has 0 aliphatic rings. The minimum atomic E-state index is -0.285. The van der Waals surface area contributed by atoms with Crippen LogP contribution >= 0.6 is 11.3 Å². The first-order chi connectivity index (χ1) is 11.2. The zero-order valence-electron chi connectivity index (χ0n) is 12.2. The molecule has 3 aromatic rings. The fraction of sp³-hybridized carbons (Fsp3) is 0.133. The van der Waals surface area contributed by atoms with Crippen molar-refractivity contribution in [1.29, 1.82) is 0 Å². The Labute approximate surface area is 136 Å². The maximum Gasteiger partial charge on any atom is 0.225 e. The maximum absolute atomic E-state index is 13.0. The molecule has 118 valence electrons. The number of anilines is 3. The number of benzene rings is 1. The first kappa shape index (κ1) is 15.3. The number of hydrogen-bond acceptors (Lipinski definition) is 7. The number of halogens is 1. The molecular formula is C15H15FN6S. The highest BCUT2D eigenvalue weighted by molar-refractivity contribution is 7.13. The van der Waals surface area contributed by atoms with Crippen LogP contribution in [0.1, 0.15) is 0 Å². The van der Waals surface area contributed by atoms with Crippen LogP contribution in [0.4, 0.5) is 21.8 Å². The number of aromatic nitrogens is 3. The first-order valence-electron chi connectivity index (χ1n) is 7.00. The molecule has 0 atom stereocenters. The second kappa shape index (κ2) is 7.12. The van der Waals surface area contributed by atoms with Crippen LogP contribution in [0.25, 0.3) is 10.7 Å². The van der Waals surface area contributed by atoms with E-state index in [1.165, 1.54) is 23.5 Å². The normalized spacial score (nSPS) is 10.5. The lowest BCUT2D eigenvalue weighted by Gasteiger charge is -2.10. The van der Waals surface area contributed by atoms with Crippen LogP contribution in [0.15, 0.2) is 41.9 Å². The van der Waals surface area contributed by atoms with Gasteiger partial charge >= 0.3 is 0 Å². The van der Waals surface area contributed by atoms with Crippen molar-refractivity contribution in [2.45, 2.75) is 0 Å². The monoisotopic (exact) mass is 330 g/mol. The summed E-state index contributed by atoms with van der Waals surface area (Å²) in [5.74, 6) is 0.774. The van der Waals surface area contributed by atoms with E-state index < -0.39 is 0 Å². The number of rotatable bonds is 6. The second-order valence-corrected chi connectivity index (χ2v) is 5.54. The molecule has 0 fully saturated rings. The molecule has 6 nitrogen and oxygen atoms in total. The van der Waals surface area contributed by atoms with E-state index >= 15 is 0 Å². The number of nitrogens with two attached hydrogens (primary N) is 1. The van der Waals surface area contributed by atoms with E-state index in [1.807, 2.05) is 5.38 Å². The summed E-state index contributed by atoms with van der Waals surface area (Å²) in [6.45, 7) is 1.04. The molecule has 0 aliphatic carbocycles. The molecule has 0 unspecified atom stereocenters. The van der Waals surface area contributed by atoms with E-state index in [2.05, 4.69) is 25.6 Å². The van der Waals surface area contributed by atoms with Crippen LogP contribution in [-0.4, -0.2) is 28.0 Å². The number of hydrogen-bond donors (Lipinski definition) is 3. The Hall–Kier alpha value is -2.58. The predicted molar refractivity (Wildman–Crippen MR) is 90.4 cm³/mol. The number of nitrogens with zero attached hydrogens (tertiary/aromatic N) is 3. The Morgan fingerprint density at radius 2 is 2.00 bits per heavy atom. The van der Waals surface area contributed by atoms with Gasteiger partial charge in [-0.3, -0.25) is 0 Å². The van der Waals surface area contributed by atoms with Crippen molar-refractivity contribution >= 4 is 28.8 Å². The van der Waals surface area contributed by atoms with Crippen molar-refractivity contribution in [3.05, 3.63) is 47.7 Å². The third kappa shape index (κ3) is 3.99. The summed E-state index contributed by atoms with van der Waals surface area (Å²) < 4.78 is 13.0. The maximum atomic E-state index is 13.0. The fourth-order valence-corrected chi connectivity index (χ4v) is 2.51. The fourth-order valence-electron chi connectivity index (χ4n) is 1.91. The molecule has 1 aromatic carbocycles. The Kier molecular flexibility index (Phi) is 4.74. The van der Waals surface area contributed by atoms with E-state index in [0.717, 1.165) is 10.7 Å². The van der Waals surface area contributed by atoms with Crippen LogP contribution in [0.5, 0.6) is 0 Å². The Morgan fingerprint density at radius 1 is 1.17 bits per heavy atom. The van der Waals surface area contributed by atoms with Gasteiger partial charge in [0.25, 0.3) is 0 Å². The molecule has 4 N–H and O–H groups in total. The molecule has 0 aliphatic heterocycles. The average molecular weight is 330 g/mol. The highest BCUT2D eigenvalue weighted by Crippen LogP contribution is 2.25. The lowest BCUT2D eigenvalue weighted by atomic mass is 10.3. The van der Waals surface area contributed by atoms with Gasteiger partial charge in [0.1, 0.15) is 22.3 Å². The summed E-state index contributed by atoms with van der Waals surface area (Å²) in [4.78, 5) is 13.1. The topological polar surface area (TPSA) is 88.8 Å². The molecule has 0 radical (unpaired) electrons. The predicted octanol–water partition coefficient (Wildman–Crippen LogP) is 2.85. The molecular weight excluding hydrogens is 315 g/mol. The van der Waals surface area contributed by atoms with Crippen molar-refractivity contribution in [3.63, 3.8) is 0 Å². The van der Waals surface area contributed by atoms with Gasteiger partial charge in [0.2, 0.25) is 5.95 Å². The molecule has 23 heavy (non-hydrogen) atoms. The standard InChI is InChI=1S/C15H15FN6S/c16-10-1-3-11(4-2-10)20-13-9-12(14-18-7-8-23-14)21-15(22-13)19-6-5-17/h1-4,7-9H,5-6,17H2,(H2,19,20,21,22). The van der Waals surface area contributed by atoms with E-state index in [0.29, 0.717) is 30.5 Å². The van der Waals surface area contributed by atoms with Crippen molar-refractivity contribution < 1.29 is 4.39 Å². The van der Waals surface area contributed by atoms with Gasteiger partial charge in [-0.05, 0) is 24.3 Å². The van der Waals surface area contributed by atoms with Crippen LogP contribution in [-0.2, 0) is 0 Å². The van der Waals surface area contributed by atoms with Gasteiger partial charge < -0.3 is 16.4 Å². The van der Waals surface area contributed by atoms with E-state index in [4.69, 9.17) is 5.73 Å². The van der Waals surface area contributed by atoms with Gasteiger partial charge in [-0.2, -0.15) is 4.98 Å². The van der Waals surface area contributed by atoms with Crippen molar-refractivity contribution in [2.24, 2.45) is 5.73 Å². The SMILES string of the molecule is NCCNc1nc(Nc2ccc(F)cc2)cc(-c2nccs2)n1. The summed E-state index contributed by atoms with van der Waals surface area (Å²) in [5, 5.41) is 8.88. The van der Waals surface area contributed by atoms with Gasteiger partial charge in [0.15, 0.2) is 0 Å². The molecule has 0 bridgehead atoms.